The molecule has 3 aromatic carbocycles. The zero-order valence-electron chi connectivity index (χ0n) is 26.1. The molecule has 0 saturated carbocycles. The standard InChI is InChI=1S/C36H37FN2O4S/c1-8-43-33(42)28-29(22-12-10-9-11-13-22)38-34-39(30(28)23-14-16-24(37)17-15-23)32(41)27(44-34)20-21-18-25(35(2,3)4)31(40)26(19-21)36(5,6)7/h9-20,30,40H,8H2,1-7H3. The van der Waals surface area contributed by atoms with E-state index in [1.165, 1.54) is 28.0 Å². The number of ether oxygens (including phenoxy) is 1. The van der Waals surface area contributed by atoms with Gasteiger partial charge in [0.05, 0.1) is 28.5 Å². The van der Waals surface area contributed by atoms with Gasteiger partial charge in [-0.3, -0.25) is 9.36 Å². The van der Waals surface area contributed by atoms with E-state index in [1.807, 2.05) is 90.1 Å². The molecule has 1 unspecified atom stereocenters. The van der Waals surface area contributed by atoms with Gasteiger partial charge < -0.3 is 9.84 Å². The molecule has 228 valence electrons. The van der Waals surface area contributed by atoms with E-state index in [2.05, 4.69) is 0 Å². The highest BCUT2D eigenvalue weighted by Gasteiger charge is 2.35. The predicted octanol–water partition coefficient (Wildman–Crippen LogP) is 6.38. The van der Waals surface area contributed by atoms with Crippen molar-refractivity contribution in [1.29, 1.82) is 0 Å². The van der Waals surface area contributed by atoms with Crippen LogP contribution >= 0.6 is 11.3 Å². The highest BCUT2D eigenvalue weighted by atomic mass is 32.1. The van der Waals surface area contributed by atoms with Gasteiger partial charge in [0.25, 0.3) is 5.56 Å². The number of fused-ring (bicyclic) bond motifs is 1. The van der Waals surface area contributed by atoms with Gasteiger partial charge in [0.1, 0.15) is 11.6 Å². The zero-order chi connectivity index (χ0) is 32.0. The number of phenols is 1. The molecule has 1 aliphatic rings. The van der Waals surface area contributed by atoms with E-state index in [9.17, 15) is 19.1 Å². The quantitative estimate of drug-likeness (QED) is 0.266. The minimum atomic E-state index is -0.890. The van der Waals surface area contributed by atoms with E-state index in [0.29, 0.717) is 26.2 Å². The number of hydrogen-bond acceptors (Lipinski definition) is 6. The molecule has 0 spiro atoms. The number of esters is 1. The summed E-state index contributed by atoms with van der Waals surface area (Å²) in [5.74, 6) is -0.767. The van der Waals surface area contributed by atoms with Crippen LogP contribution in [0.25, 0.3) is 11.8 Å². The van der Waals surface area contributed by atoms with Crippen LogP contribution in [0.15, 0.2) is 82.1 Å². The third kappa shape index (κ3) is 5.91. The van der Waals surface area contributed by atoms with Crippen LogP contribution in [0.1, 0.15) is 82.3 Å². The summed E-state index contributed by atoms with van der Waals surface area (Å²) in [6, 6.07) is 18.0. The number of nitrogens with zero attached hydrogens (tertiary/aromatic N) is 2. The molecule has 4 aromatic rings. The maximum atomic E-state index is 14.3. The Hall–Kier alpha value is -4.30. The fraction of sp³-hybridized carbons (Fsp3) is 0.306. The second kappa shape index (κ2) is 11.7. The van der Waals surface area contributed by atoms with Crippen molar-refractivity contribution in [3.8, 4) is 5.75 Å². The molecule has 0 radical (unpaired) electrons. The molecule has 1 aromatic heterocycles. The lowest BCUT2D eigenvalue weighted by Gasteiger charge is -2.27. The number of thiazole rings is 1. The van der Waals surface area contributed by atoms with Gasteiger partial charge in [-0.25, -0.2) is 14.2 Å². The predicted molar refractivity (Wildman–Crippen MR) is 173 cm³/mol. The lowest BCUT2D eigenvalue weighted by atomic mass is 9.78. The van der Waals surface area contributed by atoms with E-state index in [4.69, 9.17) is 9.73 Å². The van der Waals surface area contributed by atoms with Crippen molar-refractivity contribution in [1.82, 2.24) is 4.57 Å². The van der Waals surface area contributed by atoms with Crippen molar-refractivity contribution in [3.05, 3.63) is 126 Å². The highest BCUT2D eigenvalue weighted by molar-refractivity contribution is 7.07. The Bertz CT molecular complexity index is 1910. The number of halogens is 1. The number of carbonyl (C=O) groups is 1. The zero-order valence-corrected chi connectivity index (χ0v) is 26.9. The van der Waals surface area contributed by atoms with Crippen molar-refractivity contribution in [2.45, 2.75) is 65.3 Å². The van der Waals surface area contributed by atoms with Gasteiger partial charge in [-0.15, -0.1) is 0 Å². The number of benzene rings is 3. The van der Waals surface area contributed by atoms with Crippen molar-refractivity contribution in [3.63, 3.8) is 0 Å². The SMILES string of the molecule is CCOC(=O)C1=C(c2ccccc2)N=c2sc(=Cc3cc(C(C)(C)C)c(O)c(C(C)(C)C)c3)c(=O)n2C1c1ccc(F)cc1. The molecule has 0 amide bonds. The monoisotopic (exact) mass is 612 g/mol. The third-order valence-electron chi connectivity index (χ3n) is 7.61. The van der Waals surface area contributed by atoms with Crippen molar-refractivity contribution in [2.75, 3.05) is 6.61 Å². The van der Waals surface area contributed by atoms with Gasteiger partial charge >= 0.3 is 5.97 Å². The van der Waals surface area contributed by atoms with Crippen LogP contribution in [-0.2, 0) is 20.4 Å². The van der Waals surface area contributed by atoms with E-state index in [1.54, 1.807) is 19.1 Å². The highest BCUT2D eigenvalue weighted by Crippen LogP contribution is 2.40. The Kier molecular flexibility index (Phi) is 8.25. The summed E-state index contributed by atoms with van der Waals surface area (Å²) in [6.07, 6.45) is 1.81. The minimum Gasteiger partial charge on any atom is -0.507 e. The molecular formula is C36H37FN2O4S. The van der Waals surface area contributed by atoms with Crippen LogP contribution in [-0.4, -0.2) is 22.2 Å². The molecule has 8 heteroatoms. The first-order valence-electron chi connectivity index (χ1n) is 14.6. The second-order valence-corrected chi connectivity index (χ2v) is 14.0. The first kappa shape index (κ1) is 31.1. The first-order valence-corrected chi connectivity index (χ1v) is 15.4. The van der Waals surface area contributed by atoms with Crippen molar-refractivity contribution in [2.24, 2.45) is 4.99 Å². The topological polar surface area (TPSA) is 80.9 Å². The molecule has 2 heterocycles. The molecule has 6 nitrogen and oxygen atoms in total. The van der Waals surface area contributed by atoms with E-state index >= 15 is 0 Å². The number of aromatic nitrogens is 1. The molecule has 1 atom stereocenters. The van der Waals surface area contributed by atoms with Gasteiger partial charge in [0.2, 0.25) is 0 Å². The summed E-state index contributed by atoms with van der Waals surface area (Å²) in [6.45, 7) is 14.1. The van der Waals surface area contributed by atoms with E-state index in [-0.39, 0.29) is 34.3 Å². The summed E-state index contributed by atoms with van der Waals surface area (Å²) in [4.78, 5) is 33.1. The molecule has 0 aliphatic carbocycles. The Morgan fingerprint density at radius 3 is 2.14 bits per heavy atom. The lowest BCUT2D eigenvalue weighted by Crippen LogP contribution is -2.40. The summed E-state index contributed by atoms with van der Waals surface area (Å²) in [7, 11) is 0. The first-order chi connectivity index (χ1) is 20.7. The number of hydrogen-bond donors (Lipinski definition) is 1. The van der Waals surface area contributed by atoms with Crippen LogP contribution in [0.4, 0.5) is 4.39 Å². The van der Waals surface area contributed by atoms with E-state index < -0.39 is 17.8 Å². The van der Waals surface area contributed by atoms with Gasteiger partial charge in [0, 0.05) is 16.7 Å². The average molecular weight is 613 g/mol. The molecule has 1 aliphatic heterocycles. The van der Waals surface area contributed by atoms with Crippen LogP contribution in [0.3, 0.4) is 0 Å². The minimum absolute atomic E-state index is 0.137. The fourth-order valence-electron chi connectivity index (χ4n) is 5.44. The normalized spacial score (nSPS) is 15.6. The Morgan fingerprint density at radius 2 is 1.59 bits per heavy atom. The fourth-order valence-corrected chi connectivity index (χ4v) is 6.44. The maximum Gasteiger partial charge on any atom is 0.338 e. The summed E-state index contributed by atoms with van der Waals surface area (Å²) >= 11 is 1.22. The second-order valence-electron chi connectivity index (χ2n) is 12.9. The molecule has 0 fully saturated rings. The lowest BCUT2D eigenvalue weighted by molar-refractivity contribution is -0.138. The Balaban J connectivity index is 1.83. The summed E-state index contributed by atoms with van der Waals surface area (Å²) in [5.41, 5.74) is 3.18. The van der Waals surface area contributed by atoms with Gasteiger partial charge in [0.15, 0.2) is 4.80 Å². The van der Waals surface area contributed by atoms with Crippen LogP contribution in [0, 0.1) is 5.82 Å². The molecule has 44 heavy (non-hydrogen) atoms. The van der Waals surface area contributed by atoms with Crippen molar-refractivity contribution >= 4 is 29.1 Å². The molecular weight excluding hydrogens is 575 g/mol. The van der Waals surface area contributed by atoms with Crippen molar-refractivity contribution < 1.29 is 19.0 Å². The largest absolute Gasteiger partial charge is 0.507 e. The number of aromatic hydroxyl groups is 1. The Labute approximate surface area is 260 Å². The summed E-state index contributed by atoms with van der Waals surface area (Å²) in [5, 5.41) is 11.2. The smallest absolute Gasteiger partial charge is 0.338 e. The van der Waals surface area contributed by atoms with Gasteiger partial charge in [-0.1, -0.05) is 95.3 Å². The van der Waals surface area contributed by atoms with Crippen LogP contribution in [0.5, 0.6) is 5.75 Å². The van der Waals surface area contributed by atoms with Crippen LogP contribution in [0.2, 0.25) is 0 Å². The van der Waals surface area contributed by atoms with Crippen LogP contribution < -0.4 is 14.9 Å². The van der Waals surface area contributed by atoms with Gasteiger partial charge in [-0.05, 0) is 59.2 Å². The molecule has 1 N–H and O–H groups in total. The average Bonchev–Trinajstić information content (AvgIpc) is 3.27. The number of rotatable bonds is 5. The third-order valence-corrected chi connectivity index (χ3v) is 8.59. The molecule has 0 bridgehead atoms. The molecule has 0 saturated heterocycles. The van der Waals surface area contributed by atoms with E-state index in [0.717, 1.165) is 16.7 Å². The molecule has 5 rings (SSSR count). The maximum absolute atomic E-state index is 14.3. The number of phenolic OH excluding ortho intramolecular Hbond substituents is 1. The Morgan fingerprint density at radius 1 is 1.00 bits per heavy atom. The van der Waals surface area contributed by atoms with Gasteiger partial charge in [-0.2, -0.15) is 0 Å². The summed E-state index contributed by atoms with van der Waals surface area (Å²) < 4.78 is 21.4. The number of carbonyl (C=O) groups excluding carboxylic acids is 1.